The molecule has 1 atom stereocenters. The fourth-order valence-electron chi connectivity index (χ4n) is 3.93. The van der Waals surface area contributed by atoms with E-state index in [9.17, 15) is 24.9 Å². The molecule has 0 aromatic heterocycles. The van der Waals surface area contributed by atoms with Gasteiger partial charge < -0.3 is 24.9 Å². The van der Waals surface area contributed by atoms with Crippen molar-refractivity contribution in [1.29, 1.82) is 0 Å². The van der Waals surface area contributed by atoms with Gasteiger partial charge >= 0.3 is 29.6 Å². The van der Waals surface area contributed by atoms with Crippen LogP contribution in [0.2, 0.25) is 0 Å². The minimum Gasteiger partial charge on any atom is -0.549 e. The number of thioether (sulfide) groups is 1. The first-order valence-electron chi connectivity index (χ1n) is 12.7. The molecule has 0 saturated carbocycles. The molecular formula is C29H39NaO6S. The van der Waals surface area contributed by atoms with Crippen molar-refractivity contribution < 1.29 is 59.2 Å². The van der Waals surface area contributed by atoms with Gasteiger partial charge in [0.2, 0.25) is 0 Å². The Morgan fingerprint density at radius 2 is 1.78 bits per heavy atom. The molecule has 2 rings (SSSR count). The monoisotopic (exact) mass is 538 g/mol. The topological polar surface area (TPSA) is 107 Å². The molecule has 198 valence electrons. The minimum atomic E-state index is -1.32. The van der Waals surface area contributed by atoms with Crippen LogP contribution in [-0.2, 0) is 24.1 Å². The summed E-state index contributed by atoms with van der Waals surface area (Å²) in [5.41, 5.74) is 1.78. The van der Waals surface area contributed by atoms with E-state index in [2.05, 4.69) is 13.0 Å². The van der Waals surface area contributed by atoms with E-state index >= 15 is 0 Å². The van der Waals surface area contributed by atoms with Crippen LogP contribution in [0.4, 0.5) is 0 Å². The van der Waals surface area contributed by atoms with Crippen LogP contribution < -0.4 is 39.4 Å². The van der Waals surface area contributed by atoms with Crippen LogP contribution in [0.25, 0.3) is 0 Å². The average molecular weight is 539 g/mol. The number of phenols is 1. The number of aliphatic hydroxyl groups excluding tert-OH is 1. The predicted molar refractivity (Wildman–Crippen MR) is 142 cm³/mol. The smallest absolute Gasteiger partial charge is 0.549 e. The first-order chi connectivity index (χ1) is 17.0. The number of benzene rings is 2. The molecule has 1 unspecified atom stereocenters. The number of hydrogen-bond donors (Lipinski definition) is 2. The first kappa shape index (κ1) is 33.5. The molecule has 2 aromatic carbocycles. The number of rotatable bonds is 15. The second kappa shape index (κ2) is 15.8. The average Bonchev–Trinajstić information content (AvgIpc) is 2.81. The zero-order chi connectivity index (χ0) is 26.9. The van der Waals surface area contributed by atoms with Gasteiger partial charge in [-0.2, -0.15) is 0 Å². The standard InChI is InChI=1S/C29H40O6S.Na/c1-6-9-21-17-20(18-26(31)29(4,5)28(33)34)11-14-25(21)36-16-8-15-35-24-13-12-22(19(3)30)27(32)23(24)10-7-2;/h11-14,17,26,31-32H,6-10,15-16,18H2,1-5H3,(H,33,34);/q;+1/p-1. The fraction of sp³-hybridized carbons (Fsp3) is 0.517. The Morgan fingerprint density at radius 1 is 1.11 bits per heavy atom. The third kappa shape index (κ3) is 9.32. The number of carboxylic acids is 1. The van der Waals surface area contributed by atoms with E-state index in [0.717, 1.165) is 37.0 Å². The van der Waals surface area contributed by atoms with Crippen LogP contribution in [0.1, 0.15) is 80.9 Å². The SMILES string of the molecule is CCCc1cc(CC(O)C(C)(C)C(=O)[O-])ccc1SCCCOc1ccc(C(C)=O)c(O)c1CCC.[Na+]. The number of Topliss-reactive ketones (excluding diaryl/α,β-unsaturated/α-hetero) is 1. The number of ether oxygens (including phenoxy) is 1. The third-order valence-electron chi connectivity index (χ3n) is 6.36. The zero-order valence-electron chi connectivity index (χ0n) is 23.1. The fourth-order valence-corrected chi connectivity index (χ4v) is 4.92. The van der Waals surface area contributed by atoms with E-state index in [4.69, 9.17) is 4.74 Å². The second-order valence-electron chi connectivity index (χ2n) is 9.72. The summed E-state index contributed by atoms with van der Waals surface area (Å²) in [7, 11) is 0. The maximum atomic E-state index is 11.7. The van der Waals surface area contributed by atoms with Gasteiger partial charge in [0.15, 0.2) is 5.78 Å². The Morgan fingerprint density at radius 3 is 2.38 bits per heavy atom. The summed E-state index contributed by atoms with van der Waals surface area (Å²) in [6.45, 7) is 9.04. The van der Waals surface area contributed by atoms with Crippen LogP contribution in [-0.4, -0.2) is 40.4 Å². The maximum Gasteiger partial charge on any atom is 1.00 e. The molecule has 6 nitrogen and oxygen atoms in total. The molecule has 0 amide bonds. The summed E-state index contributed by atoms with van der Waals surface area (Å²) >= 11 is 1.74. The number of aryl methyl sites for hydroxylation is 1. The van der Waals surface area contributed by atoms with Crippen LogP contribution in [0, 0.1) is 5.41 Å². The number of aromatic hydroxyl groups is 1. The summed E-state index contributed by atoms with van der Waals surface area (Å²) < 4.78 is 5.97. The molecule has 0 spiro atoms. The quantitative estimate of drug-likeness (QED) is 0.154. The Kier molecular flexibility index (Phi) is 14.3. The molecule has 0 aliphatic carbocycles. The molecule has 0 saturated heterocycles. The molecule has 37 heavy (non-hydrogen) atoms. The Labute approximate surface area is 247 Å². The van der Waals surface area contributed by atoms with Gasteiger partial charge in [0.1, 0.15) is 11.5 Å². The van der Waals surface area contributed by atoms with Crippen LogP contribution in [0.3, 0.4) is 0 Å². The van der Waals surface area contributed by atoms with Crippen molar-refractivity contribution in [1.82, 2.24) is 0 Å². The van der Waals surface area contributed by atoms with E-state index in [1.165, 1.54) is 31.2 Å². The summed E-state index contributed by atoms with van der Waals surface area (Å²) in [6.07, 6.45) is 3.37. The van der Waals surface area contributed by atoms with E-state index in [1.54, 1.807) is 23.9 Å². The van der Waals surface area contributed by atoms with Crippen molar-refractivity contribution in [3.05, 3.63) is 52.6 Å². The van der Waals surface area contributed by atoms with Gasteiger partial charge in [0.05, 0.1) is 18.3 Å². The van der Waals surface area contributed by atoms with Crippen molar-refractivity contribution in [2.45, 2.75) is 84.1 Å². The molecule has 2 N–H and O–H groups in total. The van der Waals surface area contributed by atoms with E-state index in [0.29, 0.717) is 29.9 Å². The maximum absolute atomic E-state index is 11.7. The summed E-state index contributed by atoms with van der Waals surface area (Å²) in [4.78, 5) is 24.3. The first-order valence-corrected chi connectivity index (χ1v) is 13.6. The predicted octanol–water partition coefficient (Wildman–Crippen LogP) is 1.74. The summed E-state index contributed by atoms with van der Waals surface area (Å²) in [5.74, 6) is 0.0627. The van der Waals surface area contributed by atoms with Crippen molar-refractivity contribution in [2.24, 2.45) is 5.41 Å². The Hall–Kier alpha value is -1.51. The van der Waals surface area contributed by atoms with Gasteiger partial charge in [0.25, 0.3) is 0 Å². The molecule has 0 heterocycles. The number of aliphatic hydroxyl groups is 1. The number of carbonyl (C=O) groups is 2. The number of ketones is 1. The molecular weight excluding hydrogens is 499 g/mol. The number of carboxylic acid groups (broad SMARTS) is 1. The Bertz CT molecular complexity index is 1050. The molecule has 2 aromatic rings. The molecule has 0 bridgehead atoms. The van der Waals surface area contributed by atoms with Crippen LogP contribution >= 0.6 is 11.8 Å². The van der Waals surface area contributed by atoms with Crippen LogP contribution in [0.15, 0.2) is 35.2 Å². The number of phenolic OH excluding ortho intramolecular Hbond substituents is 1. The van der Waals surface area contributed by atoms with Gasteiger partial charge in [-0.15, -0.1) is 11.8 Å². The van der Waals surface area contributed by atoms with Gasteiger partial charge in [0, 0.05) is 27.6 Å². The van der Waals surface area contributed by atoms with E-state index in [-0.39, 0.29) is 47.5 Å². The van der Waals surface area contributed by atoms with Gasteiger partial charge in [-0.3, -0.25) is 4.79 Å². The van der Waals surface area contributed by atoms with E-state index < -0.39 is 17.5 Å². The Balaban J connectivity index is 0.00000684. The molecule has 0 radical (unpaired) electrons. The molecule has 8 heteroatoms. The van der Waals surface area contributed by atoms with Gasteiger partial charge in [-0.05, 0) is 61.9 Å². The summed E-state index contributed by atoms with van der Waals surface area (Å²) in [6, 6.07) is 9.44. The number of aliphatic carboxylic acids is 1. The molecule has 0 fully saturated rings. The van der Waals surface area contributed by atoms with E-state index in [1.807, 2.05) is 19.1 Å². The number of hydrogen-bond acceptors (Lipinski definition) is 7. The normalized spacial score (nSPS) is 12.1. The van der Waals surface area contributed by atoms with Gasteiger partial charge in [-0.25, -0.2) is 0 Å². The largest absolute Gasteiger partial charge is 1.00 e. The van der Waals surface area contributed by atoms with Crippen molar-refractivity contribution >= 4 is 23.5 Å². The summed E-state index contributed by atoms with van der Waals surface area (Å²) in [5, 5.41) is 32.3. The van der Waals surface area contributed by atoms with Crippen molar-refractivity contribution in [3.8, 4) is 11.5 Å². The second-order valence-corrected chi connectivity index (χ2v) is 10.9. The number of carbonyl (C=O) groups excluding carboxylic acids is 2. The van der Waals surface area contributed by atoms with Crippen LogP contribution in [0.5, 0.6) is 11.5 Å². The minimum absolute atomic E-state index is 0. The molecule has 0 aliphatic rings. The zero-order valence-corrected chi connectivity index (χ0v) is 25.9. The van der Waals surface area contributed by atoms with Crippen molar-refractivity contribution in [3.63, 3.8) is 0 Å². The third-order valence-corrected chi connectivity index (χ3v) is 7.56. The molecule has 0 aliphatic heterocycles. The van der Waals surface area contributed by atoms with Crippen molar-refractivity contribution in [2.75, 3.05) is 12.4 Å². The van der Waals surface area contributed by atoms with Gasteiger partial charge in [-0.1, -0.05) is 52.7 Å².